The van der Waals surface area contributed by atoms with Crippen molar-refractivity contribution < 1.29 is 4.79 Å². The van der Waals surface area contributed by atoms with E-state index in [9.17, 15) is 4.79 Å². The maximum atomic E-state index is 11.7. The normalized spacial score (nSPS) is 9.72. The van der Waals surface area contributed by atoms with Crippen LogP contribution in [0.25, 0.3) is 0 Å². The summed E-state index contributed by atoms with van der Waals surface area (Å²) in [5.41, 5.74) is 2.34. The van der Waals surface area contributed by atoms with Crippen molar-refractivity contribution >= 4 is 5.91 Å². The van der Waals surface area contributed by atoms with Crippen molar-refractivity contribution in [2.75, 3.05) is 0 Å². The summed E-state index contributed by atoms with van der Waals surface area (Å²) < 4.78 is 0. The van der Waals surface area contributed by atoms with Gasteiger partial charge < -0.3 is 10.3 Å². The van der Waals surface area contributed by atoms with Crippen LogP contribution in [0, 0.1) is 11.3 Å². The third-order valence-corrected chi connectivity index (χ3v) is 2.48. The van der Waals surface area contributed by atoms with Gasteiger partial charge in [-0.3, -0.25) is 4.79 Å². The van der Waals surface area contributed by atoms with Crippen LogP contribution in [-0.4, -0.2) is 15.9 Å². The Morgan fingerprint density at radius 3 is 2.78 bits per heavy atom. The predicted octanol–water partition coefficient (Wildman–Crippen LogP) is 1.14. The first-order chi connectivity index (χ1) is 8.78. The number of hydrogen-bond acceptors (Lipinski definition) is 3. The second-order valence-electron chi connectivity index (χ2n) is 3.84. The second-order valence-corrected chi connectivity index (χ2v) is 3.84. The summed E-state index contributed by atoms with van der Waals surface area (Å²) in [6, 6.07) is 9.02. The van der Waals surface area contributed by atoms with Crippen molar-refractivity contribution in [3.8, 4) is 6.07 Å². The fraction of sp³-hybridized carbons (Fsp3) is 0.154. The summed E-state index contributed by atoms with van der Waals surface area (Å²) in [6.45, 7) is 0.440. The molecule has 5 heteroatoms. The molecule has 0 spiro atoms. The van der Waals surface area contributed by atoms with Crippen molar-refractivity contribution in [3.63, 3.8) is 0 Å². The number of aromatic amines is 1. The van der Waals surface area contributed by atoms with Gasteiger partial charge in [0.1, 0.15) is 0 Å². The molecule has 0 aliphatic rings. The quantitative estimate of drug-likeness (QED) is 0.840. The molecule has 2 rings (SSSR count). The molecule has 0 radical (unpaired) electrons. The third-order valence-electron chi connectivity index (χ3n) is 2.48. The zero-order chi connectivity index (χ0) is 12.8. The molecule has 0 unspecified atom stereocenters. The van der Waals surface area contributed by atoms with E-state index in [2.05, 4.69) is 15.3 Å². The van der Waals surface area contributed by atoms with Gasteiger partial charge in [0.15, 0.2) is 0 Å². The minimum absolute atomic E-state index is 0.0608. The lowest BCUT2D eigenvalue weighted by Crippen LogP contribution is -2.24. The third kappa shape index (κ3) is 3.19. The summed E-state index contributed by atoms with van der Waals surface area (Å²) in [4.78, 5) is 18.4. The molecule has 0 saturated heterocycles. The Morgan fingerprint density at radius 1 is 1.39 bits per heavy atom. The van der Waals surface area contributed by atoms with Gasteiger partial charge in [-0.25, -0.2) is 4.98 Å². The van der Waals surface area contributed by atoms with E-state index in [1.807, 2.05) is 6.07 Å². The molecule has 18 heavy (non-hydrogen) atoms. The summed E-state index contributed by atoms with van der Waals surface area (Å²) in [5.74, 6) is -0.0608. The first-order valence-corrected chi connectivity index (χ1v) is 5.51. The van der Waals surface area contributed by atoms with Crippen molar-refractivity contribution in [1.29, 1.82) is 5.26 Å². The standard InChI is InChI=1S/C13H12N4O/c14-6-11-3-1-10(2-4-11)5-13(18)16-8-12-7-15-9-17-12/h1-4,7,9H,5,8H2,(H,15,17)(H,16,18). The average Bonchev–Trinajstić information content (AvgIpc) is 2.90. The molecule has 0 aliphatic heterocycles. The highest BCUT2D eigenvalue weighted by molar-refractivity contribution is 5.78. The van der Waals surface area contributed by atoms with Gasteiger partial charge in [-0.15, -0.1) is 0 Å². The molecule has 0 bridgehead atoms. The van der Waals surface area contributed by atoms with Crippen LogP contribution in [0.2, 0.25) is 0 Å². The number of nitrogens with one attached hydrogen (secondary N) is 2. The monoisotopic (exact) mass is 240 g/mol. The molecule has 2 aromatic rings. The maximum Gasteiger partial charge on any atom is 0.224 e. The van der Waals surface area contributed by atoms with E-state index >= 15 is 0 Å². The number of hydrogen-bond donors (Lipinski definition) is 2. The molecule has 5 nitrogen and oxygen atoms in total. The molecular weight excluding hydrogens is 228 g/mol. The SMILES string of the molecule is N#Cc1ccc(CC(=O)NCc2cnc[nH]2)cc1. The van der Waals surface area contributed by atoms with E-state index in [-0.39, 0.29) is 5.91 Å². The number of H-pyrrole nitrogens is 1. The molecule has 0 fully saturated rings. The summed E-state index contributed by atoms with van der Waals surface area (Å²) >= 11 is 0. The van der Waals surface area contributed by atoms with Crippen molar-refractivity contribution in [2.24, 2.45) is 0 Å². The van der Waals surface area contributed by atoms with E-state index in [0.29, 0.717) is 18.5 Å². The van der Waals surface area contributed by atoms with Crippen LogP contribution >= 0.6 is 0 Å². The zero-order valence-electron chi connectivity index (χ0n) is 9.68. The Kier molecular flexibility index (Phi) is 3.72. The van der Waals surface area contributed by atoms with Gasteiger partial charge in [0, 0.05) is 6.20 Å². The number of carbonyl (C=O) groups is 1. The van der Waals surface area contributed by atoms with Gasteiger partial charge in [-0.1, -0.05) is 12.1 Å². The van der Waals surface area contributed by atoms with Crippen molar-refractivity contribution in [2.45, 2.75) is 13.0 Å². The topological polar surface area (TPSA) is 81.6 Å². The van der Waals surface area contributed by atoms with Crippen LogP contribution in [0.1, 0.15) is 16.8 Å². The van der Waals surface area contributed by atoms with E-state index in [0.717, 1.165) is 11.3 Å². The Labute approximate surface area is 104 Å². The molecule has 1 heterocycles. The highest BCUT2D eigenvalue weighted by Crippen LogP contribution is 2.04. The highest BCUT2D eigenvalue weighted by Gasteiger charge is 2.03. The fourth-order valence-electron chi connectivity index (χ4n) is 1.52. The molecule has 1 aromatic heterocycles. The highest BCUT2D eigenvalue weighted by atomic mass is 16.1. The second kappa shape index (κ2) is 5.64. The number of benzene rings is 1. The van der Waals surface area contributed by atoms with Gasteiger partial charge in [0.25, 0.3) is 0 Å². The first kappa shape index (κ1) is 11.9. The largest absolute Gasteiger partial charge is 0.350 e. The lowest BCUT2D eigenvalue weighted by Gasteiger charge is -2.03. The smallest absolute Gasteiger partial charge is 0.224 e. The van der Waals surface area contributed by atoms with Gasteiger partial charge in [0.2, 0.25) is 5.91 Å². The Bertz CT molecular complexity index is 552. The zero-order valence-corrected chi connectivity index (χ0v) is 9.68. The summed E-state index contributed by atoms with van der Waals surface area (Å²) in [6.07, 6.45) is 3.55. The number of rotatable bonds is 4. The average molecular weight is 240 g/mol. The number of imidazole rings is 1. The number of nitrogens with zero attached hydrogens (tertiary/aromatic N) is 2. The summed E-state index contributed by atoms with van der Waals surface area (Å²) in [5, 5.41) is 11.4. The van der Waals surface area contributed by atoms with Crippen LogP contribution in [0.15, 0.2) is 36.8 Å². The maximum absolute atomic E-state index is 11.7. The number of amides is 1. The van der Waals surface area contributed by atoms with E-state index in [1.54, 1.807) is 36.8 Å². The van der Waals surface area contributed by atoms with Crippen molar-refractivity contribution in [3.05, 3.63) is 53.6 Å². The Morgan fingerprint density at radius 2 is 2.17 bits per heavy atom. The molecule has 1 aromatic carbocycles. The summed E-state index contributed by atoms with van der Waals surface area (Å²) in [7, 11) is 0. The predicted molar refractivity (Wildman–Crippen MR) is 65.3 cm³/mol. The van der Waals surface area contributed by atoms with Gasteiger partial charge >= 0.3 is 0 Å². The Balaban J connectivity index is 1.85. The van der Waals surface area contributed by atoms with Crippen LogP contribution in [0.4, 0.5) is 0 Å². The first-order valence-electron chi connectivity index (χ1n) is 5.51. The lowest BCUT2D eigenvalue weighted by molar-refractivity contribution is -0.120. The van der Waals surface area contributed by atoms with Crippen LogP contribution in [-0.2, 0) is 17.8 Å². The molecule has 0 aliphatic carbocycles. The van der Waals surface area contributed by atoms with Crippen molar-refractivity contribution in [1.82, 2.24) is 15.3 Å². The van der Waals surface area contributed by atoms with Gasteiger partial charge in [0.05, 0.1) is 36.6 Å². The molecule has 1 amide bonds. The lowest BCUT2D eigenvalue weighted by atomic mass is 10.1. The molecule has 90 valence electrons. The molecule has 0 saturated carbocycles. The Hall–Kier alpha value is -2.61. The van der Waals surface area contributed by atoms with Gasteiger partial charge in [-0.05, 0) is 17.7 Å². The van der Waals surface area contributed by atoms with Crippen LogP contribution < -0.4 is 5.32 Å². The van der Waals surface area contributed by atoms with Crippen LogP contribution in [0.5, 0.6) is 0 Å². The van der Waals surface area contributed by atoms with Crippen LogP contribution in [0.3, 0.4) is 0 Å². The minimum atomic E-state index is -0.0608. The number of nitriles is 1. The minimum Gasteiger partial charge on any atom is -0.350 e. The fourth-order valence-corrected chi connectivity index (χ4v) is 1.52. The van der Waals surface area contributed by atoms with E-state index < -0.39 is 0 Å². The van der Waals surface area contributed by atoms with E-state index in [4.69, 9.17) is 5.26 Å². The number of carbonyl (C=O) groups excluding carboxylic acids is 1. The molecule has 2 N–H and O–H groups in total. The number of aromatic nitrogens is 2. The van der Waals surface area contributed by atoms with E-state index in [1.165, 1.54) is 0 Å². The van der Waals surface area contributed by atoms with Gasteiger partial charge in [-0.2, -0.15) is 5.26 Å². The molecular formula is C13H12N4O. The molecule has 0 atom stereocenters.